The zero-order valence-electron chi connectivity index (χ0n) is 10.6. The molecule has 0 saturated carbocycles. The molecule has 6 nitrogen and oxygen atoms in total. The lowest BCUT2D eigenvalue weighted by Gasteiger charge is -2.10. The van der Waals surface area contributed by atoms with Gasteiger partial charge in [0.2, 0.25) is 5.13 Å². The maximum atomic E-state index is 11.0. The minimum absolute atomic E-state index is 0.107. The summed E-state index contributed by atoms with van der Waals surface area (Å²) < 4.78 is 0.737. The average Bonchev–Trinajstić information content (AvgIpc) is 3.09. The lowest BCUT2D eigenvalue weighted by Crippen LogP contribution is -2.17. The van der Waals surface area contributed by atoms with Gasteiger partial charge in [-0.2, -0.15) is 0 Å². The van der Waals surface area contributed by atoms with Crippen molar-refractivity contribution >= 4 is 33.9 Å². The summed E-state index contributed by atoms with van der Waals surface area (Å²) in [7, 11) is 0. The normalized spacial score (nSPS) is 14.7. The monoisotopic (exact) mass is 308 g/mol. The number of nitro benzene ring substituents is 1. The molecule has 1 aliphatic rings. The van der Waals surface area contributed by atoms with Crippen molar-refractivity contribution in [2.75, 3.05) is 18.0 Å². The van der Waals surface area contributed by atoms with E-state index in [1.807, 2.05) is 0 Å². The van der Waals surface area contributed by atoms with Gasteiger partial charge in [0.25, 0.3) is 5.69 Å². The van der Waals surface area contributed by atoms with Crippen LogP contribution in [0.4, 0.5) is 10.8 Å². The maximum absolute atomic E-state index is 11.0. The van der Waals surface area contributed by atoms with E-state index in [1.54, 1.807) is 18.2 Å². The van der Waals surface area contributed by atoms with Crippen molar-refractivity contribution in [3.63, 3.8) is 0 Å². The summed E-state index contributed by atoms with van der Waals surface area (Å²) in [6, 6.07) is 6.69. The number of hydrogen-bond acceptors (Lipinski definition) is 7. The third kappa shape index (κ3) is 2.75. The molecule has 3 rings (SSSR count). The van der Waals surface area contributed by atoms with Gasteiger partial charge in [0, 0.05) is 19.2 Å². The molecule has 0 atom stereocenters. The van der Waals surface area contributed by atoms with Crippen molar-refractivity contribution in [2.45, 2.75) is 22.1 Å². The molecule has 1 aromatic heterocycles. The average molecular weight is 308 g/mol. The van der Waals surface area contributed by atoms with E-state index in [0.29, 0.717) is 4.90 Å². The Morgan fingerprint density at radius 2 is 2.00 bits per heavy atom. The number of anilines is 1. The predicted octanol–water partition coefficient (Wildman–Crippen LogP) is 3.20. The van der Waals surface area contributed by atoms with Crippen LogP contribution in [-0.2, 0) is 0 Å². The molecule has 8 heteroatoms. The van der Waals surface area contributed by atoms with E-state index in [1.165, 1.54) is 42.0 Å². The third-order valence-electron chi connectivity index (χ3n) is 3.03. The van der Waals surface area contributed by atoms with Gasteiger partial charge in [-0.3, -0.25) is 10.1 Å². The molecule has 2 aromatic rings. The van der Waals surface area contributed by atoms with Gasteiger partial charge in [0.1, 0.15) is 0 Å². The molecule has 0 bridgehead atoms. The number of nitro groups is 1. The Bertz CT molecular complexity index is 625. The standard InChI is InChI=1S/C12H12N4O2S2/c17-16(18)9-5-1-2-6-10(9)19-12-14-13-11(20-12)15-7-3-4-8-15/h1-2,5-6H,3-4,7-8H2. The van der Waals surface area contributed by atoms with E-state index in [0.717, 1.165) is 22.6 Å². The Morgan fingerprint density at radius 3 is 2.75 bits per heavy atom. The molecule has 0 spiro atoms. The Morgan fingerprint density at radius 1 is 1.25 bits per heavy atom. The third-order valence-corrected chi connectivity index (χ3v) is 5.13. The largest absolute Gasteiger partial charge is 0.347 e. The number of benzene rings is 1. The van der Waals surface area contributed by atoms with Crippen molar-refractivity contribution in [1.29, 1.82) is 0 Å². The maximum Gasteiger partial charge on any atom is 0.283 e. The van der Waals surface area contributed by atoms with Crippen molar-refractivity contribution in [3.05, 3.63) is 34.4 Å². The van der Waals surface area contributed by atoms with Crippen LogP contribution in [0.1, 0.15) is 12.8 Å². The smallest absolute Gasteiger partial charge is 0.283 e. The molecule has 104 valence electrons. The van der Waals surface area contributed by atoms with Crippen molar-refractivity contribution < 1.29 is 4.92 Å². The first kappa shape index (κ1) is 13.3. The first-order chi connectivity index (χ1) is 9.74. The van der Waals surface area contributed by atoms with Crippen molar-refractivity contribution in [2.24, 2.45) is 0 Å². The first-order valence-electron chi connectivity index (χ1n) is 6.24. The van der Waals surface area contributed by atoms with Gasteiger partial charge in [-0.15, -0.1) is 10.2 Å². The molecular formula is C12H12N4O2S2. The second-order valence-corrected chi connectivity index (χ2v) is 6.62. The molecule has 20 heavy (non-hydrogen) atoms. The van der Waals surface area contributed by atoms with E-state index in [2.05, 4.69) is 15.1 Å². The zero-order chi connectivity index (χ0) is 13.9. The summed E-state index contributed by atoms with van der Waals surface area (Å²) in [4.78, 5) is 13.4. The van der Waals surface area contributed by atoms with Gasteiger partial charge in [-0.25, -0.2) is 0 Å². The molecule has 0 aliphatic carbocycles. The van der Waals surface area contributed by atoms with Crippen LogP contribution in [0.15, 0.2) is 33.5 Å². The van der Waals surface area contributed by atoms with Crippen molar-refractivity contribution in [1.82, 2.24) is 10.2 Å². The van der Waals surface area contributed by atoms with E-state index >= 15 is 0 Å². The highest BCUT2D eigenvalue weighted by Crippen LogP contribution is 2.38. The highest BCUT2D eigenvalue weighted by atomic mass is 32.2. The fourth-order valence-corrected chi connectivity index (χ4v) is 4.02. The minimum Gasteiger partial charge on any atom is -0.347 e. The van der Waals surface area contributed by atoms with Gasteiger partial charge in [-0.05, 0) is 30.7 Å². The number of nitrogens with zero attached hydrogens (tertiary/aromatic N) is 4. The fraction of sp³-hybridized carbons (Fsp3) is 0.333. The molecule has 0 amide bonds. The molecular weight excluding hydrogens is 296 g/mol. The van der Waals surface area contributed by atoms with Crippen LogP contribution in [-0.4, -0.2) is 28.2 Å². The van der Waals surface area contributed by atoms with Crippen LogP contribution in [0.3, 0.4) is 0 Å². The molecule has 0 N–H and O–H groups in total. The van der Waals surface area contributed by atoms with Crippen LogP contribution in [0, 0.1) is 10.1 Å². The highest BCUT2D eigenvalue weighted by molar-refractivity contribution is 8.01. The molecule has 1 aromatic carbocycles. The lowest BCUT2D eigenvalue weighted by atomic mass is 10.3. The van der Waals surface area contributed by atoms with Gasteiger partial charge in [-0.1, -0.05) is 23.5 Å². The molecule has 2 heterocycles. The van der Waals surface area contributed by atoms with Crippen LogP contribution in [0.5, 0.6) is 0 Å². The number of hydrogen-bond donors (Lipinski definition) is 0. The number of rotatable bonds is 4. The molecule has 1 aliphatic heterocycles. The molecule has 0 unspecified atom stereocenters. The minimum atomic E-state index is -0.370. The second-order valence-electron chi connectivity index (χ2n) is 4.37. The Labute approximate surface area is 124 Å². The number of para-hydroxylation sites is 1. The van der Waals surface area contributed by atoms with Crippen LogP contribution in [0.25, 0.3) is 0 Å². The fourth-order valence-electron chi connectivity index (χ4n) is 2.07. The quantitative estimate of drug-likeness (QED) is 0.638. The molecule has 1 saturated heterocycles. The van der Waals surface area contributed by atoms with Crippen molar-refractivity contribution in [3.8, 4) is 0 Å². The lowest BCUT2D eigenvalue weighted by molar-refractivity contribution is -0.387. The Hall–Kier alpha value is -1.67. The summed E-state index contributed by atoms with van der Waals surface area (Å²) >= 11 is 2.79. The zero-order valence-corrected chi connectivity index (χ0v) is 12.2. The van der Waals surface area contributed by atoms with Gasteiger partial charge in [0.15, 0.2) is 4.34 Å². The van der Waals surface area contributed by atoms with E-state index in [-0.39, 0.29) is 10.6 Å². The molecule has 0 radical (unpaired) electrons. The summed E-state index contributed by atoms with van der Waals surface area (Å²) in [5, 5.41) is 20.2. The summed E-state index contributed by atoms with van der Waals surface area (Å²) in [6.07, 6.45) is 2.37. The highest BCUT2D eigenvalue weighted by Gasteiger charge is 2.19. The SMILES string of the molecule is O=[N+]([O-])c1ccccc1Sc1nnc(N2CCCC2)s1. The van der Waals surface area contributed by atoms with Crippen LogP contribution >= 0.6 is 23.1 Å². The molecule has 1 fully saturated rings. The first-order valence-corrected chi connectivity index (χ1v) is 7.87. The van der Waals surface area contributed by atoms with E-state index < -0.39 is 0 Å². The Balaban J connectivity index is 1.79. The number of aromatic nitrogens is 2. The predicted molar refractivity (Wildman–Crippen MR) is 78.6 cm³/mol. The summed E-state index contributed by atoms with van der Waals surface area (Å²) in [5.41, 5.74) is 0.107. The van der Waals surface area contributed by atoms with Crippen LogP contribution < -0.4 is 4.90 Å². The Kier molecular flexibility index (Phi) is 3.83. The van der Waals surface area contributed by atoms with Gasteiger partial charge >= 0.3 is 0 Å². The van der Waals surface area contributed by atoms with Crippen LogP contribution in [0.2, 0.25) is 0 Å². The summed E-state index contributed by atoms with van der Waals surface area (Å²) in [6.45, 7) is 2.04. The van der Waals surface area contributed by atoms with Gasteiger partial charge < -0.3 is 4.90 Å². The van der Waals surface area contributed by atoms with Gasteiger partial charge in [0.05, 0.1) is 9.82 Å². The van der Waals surface area contributed by atoms with E-state index in [9.17, 15) is 10.1 Å². The second kappa shape index (κ2) is 5.76. The summed E-state index contributed by atoms with van der Waals surface area (Å²) in [5.74, 6) is 0. The van der Waals surface area contributed by atoms with E-state index in [4.69, 9.17) is 0 Å². The topological polar surface area (TPSA) is 72.2 Å².